The predicted molar refractivity (Wildman–Crippen MR) is 57.4 cm³/mol. The molecule has 0 saturated carbocycles. The zero-order chi connectivity index (χ0) is 10.7. The summed E-state index contributed by atoms with van der Waals surface area (Å²) in [4.78, 5) is 0. The first-order chi connectivity index (χ1) is 7.27. The number of hydrogen-bond acceptors (Lipinski definition) is 2. The number of rotatable bonds is 4. The molecule has 0 unspecified atom stereocenters. The second-order valence-corrected chi connectivity index (χ2v) is 4.13. The number of benzene rings is 1. The Hall–Kier alpha value is -0.930. The molecule has 1 fully saturated rings. The van der Waals surface area contributed by atoms with Crippen molar-refractivity contribution in [1.29, 1.82) is 0 Å². The molecule has 0 amide bonds. The Bertz CT molecular complexity index is 319. The topological polar surface area (TPSA) is 21.3 Å². The molecule has 1 saturated heterocycles. The van der Waals surface area contributed by atoms with Gasteiger partial charge >= 0.3 is 0 Å². The summed E-state index contributed by atoms with van der Waals surface area (Å²) in [5.74, 6) is -0.173. The molecule has 1 aliphatic rings. The van der Waals surface area contributed by atoms with E-state index in [0.29, 0.717) is 0 Å². The normalized spacial score (nSPS) is 18.5. The maximum absolute atomic E-state index is 12.8. The van der Waals surface area contributed by atoms with Gasteiger partial charge in [0.25, 0.3) is 0 Å². The van der Waals surface area contributed by atoms with Crippen LogP contribution in [0.2, 0.25) is 0 Å². The number of halogens is 1. The highest BCUT2D eigenvalue weighted by Gasteiger charge is 2.37. The van der Waals surface area contributed by atoms with Crippen molar-refractivity contribution in [3.8, 4) is 0 Å². The van der Waals surface area contributed by atoms with E-state index in [9.17, 15) is 4.39 Å². The summed E-state index contributed by atoms with van der Waals surface area (Å²) in [7, 11) is 1.71. The van der Waals surface area contributed by atoms with Gasteiger partial charge in [0, 0.05) is 32.2 Å². The van der Waals surface area contributed by atoms with Gasteiger partial charge < -0.3 is 10.1 Å². The minimum absolute atomic E-state index is 0.156. The first-order valence-electron chi connectivity index (χ1n) is 5.23. The minimum atomic E-state index is -0.173. The Labute approximate surface area is 89.4 Å². The molecule has 3 heteroatoms. The molecule has 1 aliphatic heterocycles. The van der Waals surface area contributed by atoms with Crippen LogP contribution in [0, 0.1) is 5.82 Å². The van der Waals surface area contributed by atoms with E-state index in [2.05, 4.69) is 5.32 Å². The van der Waals surface area contributed by atoms with Crippen molar-refractivity contribution in [2.45, 2.75) is 11.8 Å². The van der Waals surface area contributed by atoms with Crippen LogP contribution in [0.3, 0.4) is 0 Å². The number of nitrogens with one attached hydrogen (secondary N) is 1. The van der Waals surface area contributed by atoms with E-state index >= 15 is 0 Å². The lowest BCUT2D eigenvalue weighted by molar-refractivity contribution is 0.142. The molecule has 1 aromatic carbocycles. The Morgan fingerprint density at radius 3 is 2.47 bits per heavy atom. The standard InChI is InChI=1S/C12H16FNO/c1-15-7-6-12(8-14-9-12)10-2-4-11(13)5-3-10/h2-5,14H,6-9H2,1H3. The van der Waals surface area contributed by atoms with Crippen LogP contribution in [0.1, 0.15) is 12.0 Å². The molecule has 82 valence electrons. The smallest absolute Gasteiger partial charge is 0.123 e. The molecule has 2 rings (SSSR count). The van der Waals surface area contributed by atoms with Gasteiger partial charge in [-0.05, 0) is 24.1 Å². The molecule has 1 N–H and O–H groups in total. The molecule has 0 atom stereocenters. The Balaban J connectivity index is 2.14. The monoisotopic (exact) mass is 209 g/mol. The van der Waals surface area contributed by atoms with Gasteiger partial charge in [-0.15, -0.1) is 0 Å². The van der Waals surface area contributed by atoms with Gasteiger partial charge in [0.05, 0.1) is 0 Å². The fourth-order valence-corrected chi connectivity index (χ4v) is 2.05. The van der Waals surface area contributed by atoms with Gasteiger partial charge in [-0.3, -0.25) is 0 Å². The summed E-state index contributed by atoms with van der Waals surface area (Å²) in [6.07, 6.45) is 0.988. The van der Waals surface area contributed by atoms with E-state index < -0.39 is 0 Å². The summed E-state index contributed by atoms with van der Waals surface area (Å²) in [5.41, 5.74) is 1.36. The molecule has 0 radical (unpaired) electrons. The first-order valence-corrected chi connectivity index (χ1v) is 5.23. The van der Waals surface area contributed by atoms with E-state index in [0.717, 1.165) is 26.1 Å². The highest BCUT2D eigenvalue weighted by molar-refractivity contribution is 5.30. The lowest BCUT2D eigenvalue weighted by atomic mass is 9.73. The zero-order valence-corrected chi connectivity index (χ0v) is 8.92. The number of hydrogen-bond donors (Lipinski definition) is 1. The molecule has 0 aromatic heterocycles. The average molecular weight is 209 g/mol. The second kappa shape index (κ2) is 4.29. The minimum Gasteiger partial charge on any atom is -0.385 e. The highest BCUT2D eigenvalue weighted by Crippen LogP contribution is 2.32. The average Bonchev–Trinajstić information content (AvgIpc) is 2.19. The third kappa shape index (κ3) is 2.03. The van der Waals surface area contributed by atoms with Crippen LogP contribution in [-0.4, -0.2) is 26.8 Å². The quantitative estimate of drug-likeness (QED) is 0.815. The van der Waals surface area contributed by atoms with Crippen molar-refractivity contribution in [2.24, 2.45) is 0 Å². The van der Waals surface area contributed by atoms with Crippen LogP contribution in [0.5, 0.6) is 0 Å². The largest absolute Gasteiger partial charge is 0.385 e. The van der Waals surface area contributed by atoms with E-state index in [-0.39, 0.29) is 11.2 Å². The molecule has 1 heterocycles. The van der Waals surface area contributed by atoms with Crippen molar-refractivity contribution < 1.29 is 9.13 Å². The van der Waals surface area contributed by atoms with E-state index in [4.69, 9.17) is 4.74 Å². The van der Waals surface area contributed by atoms with Gasteiger partial charge in [0.15, 0.2) is 0 Å². The summed E-state index contributed by atoms with van der Waals surface area (Å²) in [6, 6.07) is 6.82. The van der Waals surface area contributed by atoms with Gasteiger partial charge in [0.1, 0.15) is 5.82 Å². The molecule has 15 heavy (non-hydrogen) atoms. The van der Waals surface area contributed by atoms with Crippen molar-refractivity contribution in [3.63, 3.8) is 0 Å². The van der Waals surface area contributed by atoms with E-state index in [1.54, 1.807) is 7.11 Å². The maximum atomic E-state index is 12.8. The lowest BCUT2D eigenvalue weighted by Gasteiger charge is -2.43. The fraction of sp³-hybridized carbons (Fsp3) is 0.500. The highest BCUT2D eigenvalue weighted by atomic mass is 19.1. The molecule has 0 bridgehead atoms. The van der Waals surface area contributed by atoms with Gasteiger partial charge in [-0.25, -0.2) is 4.39 Å². The van der Waals surface area contributed by atoms with Gasteiger partial charge in [0.2, 0.25) is 0 Å². The zero-order valence-electron chi connectivity index (χ0n) is 8.92. The lowest BCUT2D eigenvalue weighted by Crippen LogP contribution is -2.57. The summed E-state index contributed by atoms with van der Waals surface area (Å²) >= 11 is 0. The molecular weight excluding hydrogens is 193 g/mol. The van der Waals surface area contributed by atoms with Crippen molar-refractivity contribution in [3.05, 3.63) is 35.6 Å². The molecular formula is C12H16FNO. The van der Waals surface area contributed by atoms with Crippen LogP contribution < -0.4 is 5.32 Å². The van der Waals surface area contributed by atoms with E-state index in [1.165, 1.54) is 17.7 Å². The number of ether oxygens (including phenoxy) is 1. The molecule has 0 spiro atoms. The van der Waals surface area contributed by atoms with Crippen LogP contribution in [0.15, 0.2) is 24.3 Å². The van der Waals surface area contributed by atoms with Crippen molar-refractivity contribution >= 4 is 0 Å². The SMILES string of the molecule is COCCC1(c2ccc(F)cc2)CNC1. The second-order valence-electron chi connectivity index (χ2n) is 4.13. The predicted octanol–water partition coefficient (Wildman–Crippen LogP) is 1.70. The fourth-order valence-electron chi connectivity index (χ4n) is 2.05. The van der Waals surface area contributed by atoms with E-state index in [1.807, 2.05) is 12.1 Å². The Morgan fingerprint density at radius 2 is 2.00 bits per heavy atom. The summed E-state index contributed by atoms with van der Waals surface area (Å²) in [6.45, 7) is 2.67. The van der Waals surface area contributed by atoms with Crippen LogP contribution in [-0.2, 0) is 10.2 Å². The molecule has 2 nitrogen and oxygen atoms in total. The molecule has 0 aliphatic carbocycles. The van der Waals surface area contributed by atoms with Gasteiger partial charge in [-0.2, -0.15) is 0 Å². The van der Waals surface area contributed by atoms with Crippen LogP contribution in [0.4, 0.5) is 4.39 Å². The summed E-state index contributed by atoms with van der Waals surface area (Å²) < 4.78 is 17.9. The number of methoxy groups -OCH3 is 1. The maximum Gasteiger partial charge on any atom is 0.123 e. The Kier molecular flexibility index (Phi) is 3.03. The third-order valence-corrected chi connectivity index (χ3v) is 3.17. The van der Waals surface area contributed by atoms with Crippen LogP contribution in [0.25, 0.3) is 0 Å². The Morgan fingerprint density at radius 1 is 1.33 bits per heavy atom. The van der Waals surface area contributed by atoms with Crippen LogP contribution >= 0.6 is 0 Å². The third-order valence-electron chi connectivity index (χ3n) is 3.17. The van der Waals surface area contributed by atoms with Crippen molar-refractivity contribution in [1.82, 2.24) is 5.32 Å². The van der Waals surface area contributed by atoms with Gasteiger partial charge in [-0.1, -0.05) is 12.1 Å². The molecule has 1 aromatic rings. The summed E-state index contributed by atoms with van der Waals surface area (Å²) in [5, 5.41) is 3.27. The van der Waals surface area contributed by atoms with Crippen molar-refractivity contribution in [2.75, 3.05) is 26.8 Å². The first kappa shape index (κ1) is 10.6.